The molecule has 0 aliphatic heterocycles. The van der Waals surface area contributed by atoms with Crippen LogP contribution in [0.15, 0.2) is 6.33 Å². The topological polar surface area (TPSA) is 43.6 Å². The van der Waals surface area contributed by atoms with Crippen LogP contribution in [0.5, 0.6) is 0 Å². The minimum atomic E-state index is 0.574. The predicted molar refractivity (Wildman–Crippen MR) is 39.8 cm³/mol. The first-order valence-corrected chi connectivity index (χ1v) is 4.01. The molecule has 1 aromatic rings. The summed E-state index contributed by atoms with van der Waals surface area (Å²) in [6.07, 6.45) is 2.94. The summed E-state index contributed by atoms with van der Waals surface area (Å²) in [5, 5.41) is 11.1. The number of nitrogens with zero attached hydrogens (tertiary/aromatic N) is 4. The fourth-order valence-corrected chi connectivity index (χ4v) is 1.54. The summed E-state index contributed by atoms with van der Waals surface area (Å²) >= 11 is 0. The molecule has 1 fully saturated rings. The van der Waals surface area contributed by atoms with Crippen molar-refractivity contribution in [2.24, 2.45) is 11.8 Å². The Balaban J connectivity index is 2.02. The average molecular weight is 152 g/mol. The van der Waals surface area contributed by atoms with Gasteiger partial charge >= 0.3 is 0 Å². The van der Waals surface area contributed by atoms with Crippen molar-refractivity contribution >= 4 is 0 Å². The summed E-state index contributed by atoms with van der Waals surface area (Å²) in [6, 6.07) is 0.574. The van der Waals surface area contributed by atoms with E-state index in [0.717, 1.165) is 11.8 Å². The molecule has 1 aliphatic rings. The molecule has 0 aromatic carbocycles. The standard InChI is InChI=1S/C7H12N4/c1-5(2)6-3-7(6)11-4-8-9-10-11/h4-7H,3H2,1-2H3/t6-,7-/m1/s1. The molecule has 0 spiro atoms. The normalized spacial score (nSPS) is 29.4. The summed E-state index contributed by atoms with van der Waals surface area (Å²) in [5.74, 6) is 1.54. The molecule has 0 unspecified atom stereocenters. The van der Waals surface area contributed by atoms with Crippen LogP contribution in [0.25, 0.3) is 0 Å². The van der Waals surface area contributed by atoms with Crippen LogP contribution in [0.3, 0.4) is 0 Å². The number of aromatic nitrogens is 4. The van der Waals surface area contributed by atoms with Gasteiger partial charge in [-0.15, -0.1) is 5.10 Å². The van der Waals surface area contributed by atoms with E-state index < -0.39 is 0 Å². The molecule has 0 amide bonds. The Kier molecular flexibility index (Phi) is 1.41. The second kappa shape index (κ2) is 2.29. The van der Waals surface area contributed by atoms with Gasteiger partial charge in [-0.05, 0) is 28.7 Å². The molecule has 60 valence electrons. The number of tetrazole rings is 1. The lowest BCUT2D eigenvalue weighted by atomic mass is 10.1. The summed E-state index contributed by atoms with van der Waals surface area (Å²) in [6.45, 7) is 4.49. The summed E-state index contributed by atoms with van der Waals surface area (Å²) in [5.41, 5.74) is 0. The van der Waals surface area contributed by atoms with Gasteiger partial charge in [0.05, 0.1) is 6.04 Å². The first kappa shape index (κ1) is 6.76. The van der Waals surface area contributed by atoms with Gasteiger partial charge in [0.25, 0.3) is 0 Å². The van der Waals surface area contributed by atoms with E-state index >= 15 is 0 Å². The van der Waals surface area contributed by atoms with Crippen LogP contribution in [0.4, 0.5) is 0 Å². The lowest BCUT2D eigenvalue weighted by Gasteiger charge is -2.00. The zero-order valence-corrected chi connectivity index (χ0v) is 6.81. The molecule has 0 bridgehead atoms. The Bertz CT molecular complexity index is 229. The van der Waals surface area contributed by atoms with Crippen LogP contribution in [-0.4, -0.2) is 20.2 Å². The van der Waals surface area contributed by atoms with Crippen LogP contribution >= 0.6 is 0 Å². The maximum atomic E-state index is 3.87. The van der Waals surface area contributed by atoms with Gasteiger partial charge in [-0.3, -0.25) is 0 Å². The van der Waals surface area contributed by atoms with Gasteiger partial charge in [-0.2, -0.15) is 0 Å². The largest absolute Gasteiger partial charge is 0.229 e. The highest BCUT2D eigenvalue weighted by molar-refractivity contribution is 4.91. The van der Waals surface area contributed by atoms with Crippen molar-refractivity contribution in [1.29, 1.82) is 0 Å². The van der Waals surface area contributed by atoms with E-state index in [9.17, 15) is 0 Å². The van der Waals surface area contributed by atoms with E-state index in [0.29, 0.717) is 6.04 Å². The molecular weight excluding hydrogens is 140 g/mol. The van der Waals surface area contributed by atoms with Gasteiger partial charge in [-0.25, -0.2) is 4.68 Å². The van der Waals surface area contributed by atoms with Gasteiger partial charge in [0, 0.05) is 0 Å². The molecule has 4 nitrogen and oxygen atoms in total. The molecule has 11 heavy (non-hydrogen) atoms. The van der Waals surface area contributed by atoms with Crippen LogP contribution in [-0.2, 0) is 0 Å². The molecule has 2 atom stereocenters. The van der Waals surface area contributed by atoms with Crippen molar-refractivity contribution in [3.05, 3.63) is 6.33 Å². The molecular formula is C7H12N4. The first-order chi connectivity index (χ1) is 5.29. The fraction of sp³-hybridized carbons (Fsp3) is 0.857. The average Bonchev–Trinajstić information content (AvgIpc) is 2.60. The minimum absolute atomic E-state index is 0.574. The molecule has 1 aromatic heterocycles. The fourth-order valence-electron chi connectivity index (χ4n) is 1.54. The van der Waals surface area contributed by atoms with E-state index in [1.165, 1.54) is 6.42 Å². The highest BCUT2D eigenvalue weighted by atomic mass is 15.5. The minimum Gasteiger partial charge on any atom is -0.229 e. The molecule has 0 saturated heterocycles. The lowest BCUT2D eigenvalue weighted by molar-refractivity contribution is 0.480. The molecule has 1 aliphatic carbocycles. The molecule has 1 saturated carbocycles. The van der Waals surface area contributed by atoms with Crippen LogP contribution in [0, 0.1) is 11.8 Å². The van der Waals surface area contributed by atoms with E-state index in [1.54, 1.807) is 6.33 Å². The third-order valence-corrected chi connectivity index (χ3v) is 2.37. The third-order valence-electron chi connectivity index (χ3n) is 2.37. The van der Waals surface area contributed by atoms with Gasteiger partial charge in [0.2, 0.25) is 0 Å². The van der Waals surface area contributed by atoms with Crippen molar-refractivity contribution in [2.45, 2.75) is 26.3 Å². The van der Waals surface area contributed by atoms with Crippen LogP contribution in [0.2, 0.25) is 0 Å². The number of hydrogen-bond donors (Lipinski definition) is 0. The Hall–Kier alpha value is -0.930. The zero-order chi connectivity index (χ0) is 7.84. The number of hydrogen-bond acceptors (Lipinski definition) is 3. The van der Waals surface area contributed by atoms with Gasteiger partial charge in [0.1, 0.15) is 6.33 Å². The second-order valence-electron chi connectivity index (χ2n) is 3.50. The van der Waals surface area contributed by atoms with E-state index in [1.807, 2.05) is 4.68 Å². The van der Waals surface area contributed by atoms with Crippen molar-refractivity contribution in [2.75, 3.05) is 0 Å². The van der Waals surface area contributed by atoms with Crippen LogP contribution in [0.1, 0.15) is 26.3 Å². The Labute approximate surface area is 65.6 Å². The van der Waals surface area contributed by atoms with Crippen molar-refractivity contribution in [3.63, 3.8) is 0 Å². The molecule has 2 rings (SSSR count). The maximum absolute atomic E-state index is 3.87. The smallest absolute Gasteiger partial charge is 0.138 e. The quantitative estimate of drug-likeness (QED) is 0.632. The Morgan fingerprint density at radius 2 is 2.36 bits per heavy atom. The highest BCUT2D eigenvalue weighted by Gasteiger charge is 2.41. The van der Waals surface area contributed by atoms with Gasteiger partial charge in [0.15, 0.2) is 0 Å². The molecule has 4 heteroatoms. The number of rotatable bonds is 2. The van der Waals surface area contributed by atoms with Crippen molar-refractivity contribution < 1.29 is 0 Å². The van der Waals surface area contributed by atoms with E-state index in [4.69, 9.17) is 0 Å². The van der Waals surface area contributed by atoms with Crippen LogP contribution < -0.4 is 0 Å². The van der Waals surface area contributed by atoms with E-state index in [2.05, 4.69) is 29.4 Å². The Morgan fingerprint density at radius 1 is 1.55 bits per heavy atom. The van der Waals surface area contributed by atoms with E-state index in [-0.39, 0.29) is 0 Å². The first-order valence-electron chi connectivity index (χ1n) is 4.01. The maximum Gasteiger partial charge on any atom is 0.138 e. The molecule has 0 radical (unpaired) electrons. The summed E-state index contributed by atoms with van der Waals surface area (Å²) in [4.78, 5) is 0. The summed E-state index contributed by atoms with van der Waals surface area (Å²) in [7, 11) is 0. The highest BCUT2D eigenvalue weighted by Crippen LogP contribution is 2.47. The molecule has 0 N–H and O–H groups in total. The van der Waals surface area contributed by atoms with Crippen molar-refractivity contribution in [3.8, 4) is 0 Å². The second-order valence-corrected chi connectivity index (χ2v) is 3.50. The molecule has 1 heterocycles. The van der Waals surface area contributed by atoms with Gasteiger partial charge < -0.3 is 0 Å². The van der Waals surface area contributed by atoms with Gasteiger partial charge in [-0.1, -0.05) is 13.8 Å². The lowest BCUT2D eigenvalue weighted by Crippen LogP contribution is -2.00. The predicted octanol–water partition coefficient (Wildman–Crippen LogP) is 0.890. The van der Waals surface area contributed by atoms with Crippen molar-refractivity contribution in [1.82, 2.24) is 20.2 Å². The Morgan fingerprint density at radius 3 is 2.82 bits per heavy atom. The third kappa shape index (κ3) is 1.13. The zero-order valence-electron chi connectivity index (χ0n) is 6.81. The SMILES string of the molecule is CC(C)[C@H]1C[C@H]1n1cnnn1. The monoisotopic (exact) mass is 152 g/mol. The summed E-state index contributed by atoms with van der Waals surface area (Å²) < 4.78 is 1.87.